The second-order valence-corrected chi connectivity index (χ2v) is 4.92. The standard InChI is InChI=1S/C15H21NO4/c1-9-7-10(2)13(11(3)8-9)14(17)16-12(15(18)19)5-6-20-4/h7-8,12H,5-6H2,1-4H3,(H,16,17)(H,18,19). The van der Waals surface area contributed by atoms with Crippen LogP contribution in [0.3, 0.4) is 0 Å². The van der Waals surface area contributed by atoms with Gasteiger partial charge in [0.15, 0.2) is 0 Å². The Morgan fingerprint density at radius 2 is 1.80 bits per heavy atom. The molecule has 0 aliphatic carbocycles. The molecule has 0 saturated heterocycles. The first-order valence-electron chi connectivity index (χ1n) is 6.47. The molecule has 0 aromatic heterocycles. The zero-order chi connectivity index (χ0) is 15.3. The molecule has 0 saturated carbocycles. The van der Waals surface area contributed by atoms with Crippen LogP contribution in [0.5, 0.6) is 0 Å². The highest BCUT2D eigenvalue weighted by atomic mass is 16.5. The fourth-order valence-corrected chi connectivity index (χ4v) is 2.26. The van der Waals surface area contributed by atoms with Crippen molar-refractivity contribution in [2.75, 3.05) is 13.7 Å². The molecule has 0 aliphatic heterocycles. The van der Waals surface area contributed by atoms with Crippen LogP contribution in [0.25, 0.3) is 0 Å². The summed E-state index contributed by atoms with van der Waals surface area (Å²) in [5.74, 6) is -1.42. The Hall–Kier alpha value is -1.88. The Balaban J connectivity index is 2.92. The molecule has 0 radical (unpaired) electrons. The van der Waals surface area contributed by atoms with Crippen molar-refractivity contribution in [2.45, 2.75) is 33.2 Å². The lowest BCUT2D eigenvalue weighted by atomic mass is 9.99. The minimum Gasteiger partial charge on any atom is -0.480 e. The van der Waals surface area contributed by atoms with E-state index >= 15 is 0 Å². The molecule has 0 heterocycles. The molecule has 1 aromatic rings. The number of carboxylic acid groups (broad SMARTS) is 1. The van der Waals surface area contributed by atoms with Crippen molar-refractivity contribution in [3.8, 4) is 0 Å². The largest absolute Gasteiger partial charge is 0.480 e. The lowest BCUT2D eigenvalue weighted by Gasteiger charge is -2.16. The molecule has 0 fully saturated rings. The van der Waals surface area contributed by atoms with Crippen molar-refractivity contribution in [3.63, 3.8) is 0 Å². The minimum absolute atomic E-state index is 0.238. The molecule has 1 aromatic carbocycles. The lowest BCUT2D eigenvalue weighted by molar-refractivity contribution is -0.139. The van der Waals surface area contributed by atoms with Crippen LogP contribution in [0.15, 0.2) is 12.1 Å². The van der Waals surface area contributed by atoms with Crippen molar-refractivity contribution >= 4 is 11.9 Å². The highest BCUT2D eigenvalue weighted by Crippen LogP contribution is 2.16. The van der Waals surface area contributed by atoms with Crippen LogP contribution in [0, 0.1) is 20.8 Å². The molecular weight excluding hydrogens is 258 g/mol. The number of carbonyl (C=O) groups is 2. The average Bonchev–Trinajstić information content (AvgIpc) is 2.32. The number of hydrogen-bond acceptors (Lipinski definition) is 3. The molecule has 1 rings (SSSR count). The first-order chi connectivity index (χ1) is 9.36. The number of nitrogens with one attached hydrogen (secondary N) is 1. The first-order valence-corrected chi connectivity index (χ1v) is 6.47. The van der Waals surface area contributed by atoms with E-state index in [4.69, 9.17) is 9.84 Å². The van der Waals surface area contributed by atoms with Gasteiger partial charge in [-0.15, -0.1) is 0 Å². The molecule has 0 spiro atoms. The molecular formula is C15H21NO4. The SMILES string of the molecule is COCCC(NC(=O)c1c(C)cc(C)cc1C)C(=O)O. The van der Waals surface area contributed by atoms with Crippen molar-refractivity contribution in [1.82, 2.24) is 5.32 Å². The maximum atomic E-state index is 12.3. The number of aliphatic carboxylic acids is 1. The fraction of sp³-hybridized carbons (Fsp3) is 0.467. The molecule has 1 unspecified atom stereocenters. The van der Waals surface area contributed by atoms with Gasteiger partial charge < -0.3 is 15.2 Å². The van der Waals surface area contributed by atoms with Crippen molar-refractivity contribution in [1.29, 1.82) is 0 Å². The second kappa shape index (κ2) is 7.05. The van der Waals surface area contributed by atoms with Crippen molar-refractivity contribution in [2.24, 2.45) is 0 Å². The molecule has 5 nitrogen and oxygen atoms in total. The Bertz CT molecular complexity index is 488. The highest BCUT2D eigenvalue weighted by molar-refractivity contribution is 5.99. The first kappa shape index (κ1) is 16.2. The van der Waals surface area contributed by atoms with E-state index in [1.165, 1.54) is 7.11 Å². The number of hydrogen-bond donors (Lipinski definition) is 2. The van der Waals surface area contributed by atoms with E-state index in [9.17, 15) is 9.59 Å². The second-order valence-electron chi connectivity index (χ2n) is 4.92. The Labute approximate surface area is 118 Å². The lowest BCUT2D eigenvalue weighted by Crippen LogP contribution is -2.42. The van der Waals surface area contributed by atoms with E-state index < -0.39 is 12.0 Å². The number of methoxy groups -OCH3 is 1. The summed E-state index contributed by atoms with van der Waals surface area (Å²) in [6.45, 7) is 5.93. The maximum Gasteiger partial charge on any atom is 0.326 e. The summed E-state index contributed by atoms with van der Waals surface area (Å²) in [5.41, 5.74) is 3.30. The fourth-order valence-electron chi connectivity index (χ4n) is 2.26. The normalized spacial score (nSPS) is 12.0. The molecule has 0 aliphatic rings. The topological polar surface area (TPSA) is 75.6 Å². The minimum atomic E-state index is -1.06. The van der Waals surface area contributed by atoms with E-state index in [0.29, 0.717) is 5.56 Å². The van der Waals surface area contributed by atoms with Gasteiger partial charge >= 0.3 is 5.97 Å². The average molecular weight is 279 g/mol. The summed E-state index contributed by atoms with van der Waals surface area (Å²) >= 11 is 0. The maximum absolute atomic E-state index is 12.3. The zero-order valence-electron chi connectivity index (χ0n) is 12.3. The Morgan fingerprint density at radius 3 is 2.25 bits per heavy atom. The molecule has 110 valence electrons. The van der Waals surface area contributed by atoms with Gasteiger partial charge in [-0.2, -0.15) is 0 Å². The summed E-state index contributed by atoms with van der Waals surface area (Å²) in [7, 11) is 1.50. The third-order valence-corrected chi connectivity index (χ3v) is 3.12. The van der Waals surface area contributed by atoms with E-state index in [1.54, 1.807) is 0 Å². The quantitative estimate of drug-likeness (QED) is 0.833. The third kappa shape index (κ3) is 4.06. The van der Waals surface area contributed by atoms with Crippen LogP contribution in [0.4, 0.5) is 0 Å². The van der Waals surface area contributed by atoms with Gasteiger partial charge in [0.05, 0.1) is 0 Å². The van der Waals surface area contributed by atoms with Gasteiger partial charge in [-0.3, -0.25) is 4.79 Å². The van der Waals surface area contributed by atoms with E-state index in [1.807, 2.05) is 32.9 Å². The smallest absolute Gasteiger partial charge is 0.326 e. The number of benzene rings is 1. The van der Waals surface area contributed by atoms with Gasteiger partial charge in [0.25, 0.3) is 5.91 Å². The number of ether oxygens (including phenoxy) is 1. The van der Waals surface area contributed by atoms with Gasteiger partial charge in [-0.05, 0) is 31.9 Å². The van der Waals surface area contributed by atoms with Crippen LogP contribution in [-0.2, 0) is 9.53 Å². The number of carbonyl (C=O) groups excluding carboxylic acids is 1. The summed E-state index contributed by atoms with van der Waals surface area (Å²) in [5, 5.41) is 11.7. The highest BCUT2D eigenvalue weighted by Gasteiger charge is 2.22. The summed E-state index contributed by atoms with van der Waals surface area (Å²) in [6, 6.07) is 2.88. The van der Waals surface area contributed by atoms with E-state index in [2.05, 4.69) is 5.32 Å². The Kier molecular flexibility index (Phi) is 5.70. The van der Waals surface area contributed by atoms with Crippen LogP contribution in [0.1, 0.15) is 33.5 Å². The van der Waals surface area contributed by atoms with Crippen molar-refractivity contribution in [3.05, 3.63) is 34.4 Å². The third-order valence-electron chi connectivity index (χ3n) is 3.12. The molecule has 1 amide bonds. The van der Waals surface area contributed by atoms with E-state index in [0.717, 1.165) is 16.7 Å². The van der Waals surface area contributed by atoms with Gasteiger partial charge in [-0.1, -0.05) is 17.7 Å². The number of carboxylic acids is 1. The molecule has 20 heavy (non-hydrogen) atoms. The molecule has 0 bridgehead atoms. The predicted molar refractivity (Wildman–Crippen MR) is 76.0 cm³/mol. The molecule has 1 atom stereocenters. The number of aryl methyl sites for hydroxylation is 3. The molecule has 5 heteroatoms. The van der Waals surface area contributed by atoms with Crippen LogP contribution >= 0.6 is 0 Å². The van der Waals surface area contributed by atoms with E-state index in [-0.39, 0.29) is 18.9 Å². The monoisotopic (exact) mass is 279 g/mol. The van der Waals surface area contributed by atoms with Crippen LogP contribution in [-0.4, -0.2) is 36.7 Å². The summed E-state index contributed by atoms with van der Waals surface area (Å²) in [6.07, 6.45) is 0.238. The van der Waals surface area contributed by atoms with Crippen LogP contribution in [0.2, 0.25) is 0 Å². The van der Waals surface area contributed by atoms with Crippen LogP contribution < -0.4 is 5.32 Å². The van der Waals surface area contributed by atoms with Gasteiger partial charge in [0.2, 0.25) is 0 Å². The summed E-state index contributed by atoms with van der Waals surface area (Å²) < 4.78 is 4.86. The zero-order valence-corrected chi connectivity index (χ0v) is 12.3. The van der Waals surface area contributed by atoms with Gasteiger partial charge in [-0.25, -0.2) is 4.79 Å². The summed E-state index contributed by atoms with van der Waals surface area (Å²) in [4.78, 5) is 23.4. The Morgan fingerprint density at radius 1 is 1.25 bits per heavy atom. The molecule has 2 N–H and O–H groups in total. The predicted octanol–water partition coefficient (Wildman–Crippen LogP) is 1.83. The number of amides is 1. The number of rotatable bonds is 6. The van der Waals surface area contributed by atoms with Gasteiger partial charge in [0.1, 0.15) is 6.04 Å². The van der Waals surface area contributed by atoms with Gasteiger partial charge in [0, 0.05) is 25.7 Å². The van der Waals surface area contributed by atoms with Crippen molar-refractivity contribution < 1.29 is 19.4 Å².